The lowest BCUT2D eigenvalue weighted by molar-refractivity contribution is 0.206. The summed E-state index contributed by atoms with van der Waals surface area (Å²) < 4.78 is 0. The first-order valence-electron chi connectivity index (χ1n) is 9.14. The Morgan fingerprint density at radius 1 is 1.07 bits per heavy atom. The molecule has 5 nitrogen and oxygen atoms in total. The fourth-order valence-electron chi connectivity index (χ4n) is 3.30. The molecule has 0 radical (unpaired) electrons. The minimum absolute atomic E-state index is 0.0820. The van der Waals surface area contributed by atoms with E-state index in [0.29, 0.717) is 13.1 Å². The predicted molar refractivity (Wildman–Crippen MR) is 107 cm³/mol. The van der Waals surface area contributed by atoms with Gasteiger partial charge in [-0.3, -0.25) is 0 Å². The Morgan fingerprint density at radius 2 is 1.89 bits per heavy atom. The molecular formula is C22H22N4O. The fourth-order valence-corrected chi connectivity index (χ4v) is 3.30. The molecular weight excluding hydrogens is 336 g/mol. The SMILES string of the molecule is Cc1cccc(NC(=O)N2CCc3nc(-c4ccccc4)ncc3C2)c1C. The molecule has 0 fully saturated rings. The molecule has 1 aliphatic rings. The Bertz CT molecular complexity index is 985. The molecule has 0 spiro atoms. The van der Waals surface area contributed by atoms with E-state index in [1.54, 1.807) is 0 Å². The van der Waals surface area contributed by atoms with E-state index in [1.807, 2.05) is 73.5 Å². The summed E-state index contributed by atoms with van der Waals surface area (Å²) >= 11 is 0. The molecule has 0 atom stereocenters. The van der Waals surface area contributed by atoms with E-state index in [0.717, 1.165) is 40.3 Å². The standard InChI is InChI=1S/C22H22N4O/c1-15-7-6-10-19(16(15)2)25-22(27)26-12-11-20-18(14-26)13-23-21(24-20)17-8-4-3-5-9-17/h3-10,13H,11-12,14H2,1-2H3,(H,25,27). The van der Waals surface area contributed by atoms with Gasteiger partial charge < -0.3 is 10.2 Å². The summed E-state index contributed by atoms with van der Waals surface area (Å²) in [5.74, 6) is 0.739. The van der Waals surface area contributed by atoms with Gasteiger partial charge in [0.1, 0.15) is 0 Å². The number of nitrogens with one attached hydrogen (secondary N) is 1. The zero-order valence-electron chi connectivity index (χ0n) is 15.6. The highest BCUT2D eigenvalue weighted by molar-refractivity contribution is 5.90. The topological polar surface area (TPSA) is 58.1 Å². The van der Waals surface area contributed by atoms with Crippen molar-refractivity contribution in [1.29, 1.82) is 0 Å². The second kappa shape index (κ2) is 7.19. The molecule has 0 saturated heterocycles. The van der Waals surface area contributed by atoms with Gasteiger partial charge in [-0.05, 0) is 31.0 Å². The average molecular weight is 358 g/mol. The largest absolute Gasteiger partial charge is 0.322 e. The lowest BCUT2D eigenvalue weighted by atomic mass is 10.1. The maximum absolute atomic E-state index is 12.7. The summed E-state index contributed by atoms with van der Waals surface area (Å²) in [7, 11) is 0. The second-order valence-electron chi connectivity index (χ2n) is 6.88. The molecule has 1 aromatic heterocycles. The third kappa shape index (κ3) is 3.53. The van der Waals surface area contributed by atoms with E-state index in [1.165, 1.54) is 5.56 Å². The molecule has 0 saturated carbocycles. The van der Waals surface area contributed by atoms with Gasteiger partial charge in [0, 0.05) is 36.0 Å². The van der Waals surface area contributed by atoms with Gasteiger partial charge in [-0.25, -0.2) is 14.8 Å². The smallest absolute Gasteiger partial charge is 0.320 e. The second-order valence-corrected chi connectivity index (χ2v) is 6.88. The van der Waals surface area contributed by atoms with Crippen molar-refractivity contribution in [3.63, 3.8) is 0 Å². The number of anilines is 1. The van der Waals surface area contributed by atoms with Crippen molar-refractivity contribution in [3.05, 3.63) is 77.1 Å². The molecule has 1 aliphatic heterocycles. The fraction of sp³-hybridized carbons (Fsp3) is 0.227. The van der Waals surface area contributed by atoms with E-state index in [4.69, 9.17) is 4.98 Å². The van der Waals surface area contributed by atoms with E-state index < -0.39 is 0 Å². The van der Waals surface area contributed by atoms with Gasteiger partial charge in [0.2, 0.25) is 0 Å². The first-order valence-corrected chi connectivity index (χ1v) is 9.14. The van der Waals surface area contributed by atoms with Crippen LogP contribution in [0.5, 0.6) is 0 Å². The number of nitrogens with zero attached hydrogens (tertiary/aromatic N) is 3. The van der Waals surface area contributed by atoms with Crippen molar-refractivity contribution < 1.29 is 4.79 Å². The summed E-state index contributed by atoms with van der Waals surface area (Å²) in [6, 6.07) is 15.8. The number of benzene rings is 2. The molecule has 3 aromatic rings. The van der Waals surface area contributed by atoms with Gasteiger partial charge in [0.05, 0.1) is 12.2 Å². The number of hydrogen-bond donors (Lipinski definition) is 1. The van der Waals surface area contributed by atoms with Crippen LogP contribution < -0.4 is 5.32 Å². The minimum Gasteiger partial charge on any atom is -0.320 e. The molecule has 0 unspecified atom stereocenters. The summed E-state index contributed by atoms with van der Waals surface area (Å²) in [6.45, 7) is 5.25. The highest BCUT2D eigenvalue weighted by atomic mass is 16.2. The van der Waals surface area contributed by atoms with Crippen LogP contribution in [0.1, 0.15) is 22.4 Å². The number of carbonyl (C=O) groups excluding carboxylic acids is 1. The van der Waals surface area contributed by atoms with Crippen molar-refractivity contribution >= 4 is 11.7 Å². The highest BCUT2D eigenvalue weighted by Crippen LogP contribution is 2.23. The molecule has 136 valence electrons. The quantitative estimate of drug-likeness (QED) is 0.741. The van der Waals surface area contributed by atoms with Gasteiger partial charge in [0.25, 0.3) is 0 Å². The number of aryl methyl sites for hydroxylation is 1. The van der Waals surface area contributed by atoms with Gasteiger partial charge >= 0.3 is 6.03 Å². The number of hydrogen-bond acceptors (Lipinski definition) is 3. The monoisotopic (exact) mass is 358 g/mol. The van der Waals surface area contributed by atoms with Crippen LogP contribution in [-0.2, 0) is 13.0 Å². The molecule has 0 bridgehead atoms. The van der Waals surface area contributed by atoms with Crippen molar-refractivity contribution in [2.24, 2.45) is 0 Å². The van der Waals surface area contributed by atoms with Crippen LogP contribution in [0.3, 0.4) is 0 Å². The van der Waals surface area contributed by atoms with E-state index in [2.05, 4.69) is 10.3 Å². The van der Waals surface area contributed by atoms with Crippen molar-refractivity contribution in [3.8, 4) is 11.4 Å². The summed E-state index contributed by atoms with van der Waals surface area (Å²) in [4.78, 5) is 23.7. The normalized spacial score (nSPS) is 13.2. The van der Waals surface area contributed by atoms with E-state index >= 15 is 0 Å². The third-order valence-electron chi connectivity index (χ3n) is 5.10. The van der Waals surface area contributed by atoms with Gasteiger partial charge in [-0.1, -0.05) is 42.5 Å². The van der Waals surface area contributed by atoms with Crippen LogP contribution in [0.4, 0.5) is 10.5 Å². The molecule has 4 rings (SSSR count). The number of aromatic nitrogens is 2. The van der Waals surface area contributed by atoms with Gasteiger partial charge in [-0.15, -0.1) is 0 Å². The van der Waals surface area contributed by atoms with Crippen LogP contribution in [0, 0.1) is 13.8 Å². The van der Waals surface area contributed by atoms with E-state index in [-0.39, 0.29) is 6.03 Å². The maximum atomic E-state index is 12.7. The Hall–Kier alpha value is -3.21. The third-order valence-corrected chi connectivity index (χ3v) is 5.10. The number of rotatable bonds is 2. The number of amides is 2. The lowest BCUT2D eigenvalue weighted by Gasteiger charge is -2.28. The zero-order chi connectivity index (χ0) is 18.8. The maximum Gasteiger partial charge on any atom is 0.322 e. The van der Waals surface area contributed by atoms with Gasteiger partial charge in [0.15, 0.2) is 5.82 Å². The molecule has 27 heavy (non-hydrogen) atoms. The zero-order valence-corrected chi connectivity index (χ0v) is 15.6. The molecule has 1 N–H and O–H groups in total. The number of urea groups is 1. The summed E-state index contributed by atoms with van der Waals surface area (Å²) in [6.07, 6.45) is 2.58. The van der Waals surface area contributed by atoms with Crippen molar-refractivity contribution in [2.45, 2.75) is 26.8 Å². The number of fused-ring (bicyclic) bond motifs is 1. The Kier molecular flexibility index (Phi) is 4.59. The van der Waals surface area contributed by atoms with Crippen LogP contribution in [-0.4, -0.2) is 27.4 Å². The Balaban J connectivity index is 1.50. The minimum atomic E-state index is -0.0820. The molecule has 2 heterocycles. The number of carbonyl (C=O) groups is 1. The first-order chi connectivity index (χ1) is 13.1. The van der Waals surface area contributed by atoms with Crippen LogP contribution in [0.2, 0.25) is 0 Å². The first kappa shape index (κ1) is 17.2. The lowest BCUT2D eigenvalue weighted by Crippen LogP contribution is -2.39. The van der Waals surface area contributed by atoms with Crippen LogP contribution in [0.25, 0.3) is 11.4 Å². The Labute approximate surface area is 159 Å². The van der Waals surface area contributed by atoms with Crippen LogP contribution >= 0.6 is 0 Å². The molecule has 2 amide bonds. The van der Waals surface area contributed by atoms with Crippen molar-refractivity contribution in [2.75, 3.05) is 11.9 Å². The molecule has 2 aromatic carbocycles. The summed E-state index contributed by atoms with van der Waals surface area (Å²) in [5, 5.41) is 3.03. The van der Waals surface area contributed by atoms with E-state index in [9.17, 15) is 4.79 Å². The highest BCUT2D eigenvalue weighted by Gasteiger charge is 2.23. The summed E-state index contributed by atoms with van der Waals surface area (Å²) in [5.41, 5.74) is 6.17. The molecule has 0 aliphatic carbocycles. The Morgan fingerprint density at radius 3 is 2.70 bits per heavy atom. The average Bonchev–Trinajstić information content (AvgIpc) is 2.71. The van der Waals surface area contributed by atoms with Crippen molar-refractivity contribution in [1.82, 2.24) is 14.9 Å². The van der Waals surface area contributed by atoms with Gasteiger partial charge in [-0.2, -0.15) is 0 Å². The molecule has 5 heteroatoms. The predicted octanol–water partition coefficient (Wildman–Crippen LogP) is 4.35. The van der Waals surface area contributed by atoms with Crippen LogP contribution in [0.15, 0.2) is 54.7 Å².